The first-order valence-electron chi connectivity index (χ1n) is 8.42. The van der Waals surface area contributed by atoms with Crippen LogP contribution >= 0.6 is 0 Å². The van der Waals surface area contributed by atoms with Crippen molar-refractivity contribution in [3.63, 3.8) is 0 Å². The fourth-order valence-electron chi connectivity index (χ4n) is 2.28. The van der Waals surface area contributed by atoms with Crippen LogP contribution in [0.4, 0.5) is 18.9 Å². The molecule has 1 amide bonds. The molecule has 1 atom stereocenters. The molecule has 0 aliphatic carbocycles. The Morgan fingerprint density at radius 1 is 0.964 bits per heavy atom. The van der Waals surface area contributed by atoms with Crippen LogP contribution < -0.4 is 5.32 Å². The maximum Gasteiger partial charge on any atom is 0.416 e. The molecule has 0 saturated carbocycles. The lowest BCUT2D eigenvalue weighted by Crippen LogP contribution is -2.30. The number of alkyl halides is 3. The number of rotatable bonds is 7. The van der Waals surface area contributed by atoms with E-state index in [1.54, 1.807) is 30.3 Å². The standard InChI is InChI=1S/C20H18F3NO4/c1-13(19(27)24-16-9-7-15(8-10-16)20(21,22)23)28-18(26)12-11-17(25)14-5-3-2-4-6-14/h2-10,13H,11-12H2,1H3,(H,24,27)/t13-/m1/s1. The minimum Gasteiger partial charge on any atom is -0.453 e. The van der Waals surface area contributed by atoms with Crippen molar-refractivity contribution in [1.29, 1.82) is 0 Å². The summed E-state index contributed by atoms with van der Waals surface area (Å²) in [6, 6.07) is 12.3. The molecule has 2 aromatic rings. The molecule has 2 rings (SSSR count). The highest BCUT2D eigenvalue weighted by molar-refractivity contribution is 5.98. The Morgan fingerprint density at radius 2 is 1.57 bits per heavy atom. The third kappa shape index (κ3) is 6.22. The van der Waals surface area contributed by atoms with E-state index in [0.29, 0.717) is 5.56 Å². The molecule has 0 spiro atoms. The quantitative estimate of drug-likeness (QED) is 0.564. The van der Waals surface area contributed by atoms with E-state index in [4.69, 9.17) is 4.74 Å². The highest BCUT2D eigenvalue weighted by atomic mass is 19.4. The number of hydrogen-bond donors (Lipinski definition) is 1. The maximum atomic E-state index is 12.5. The number of carbonyl (C=O) groups excluding carboxylic acids is 3. The first-order chi connectivity index (χ1) is 13.2. The van der Waals surface area contributed by atoms with Crippen molar-refractivity contribution in [1.82, 2.24) is 0 Å². The molecule has 0 heterocycles. The van der Waals surface area contributed by atoms with Crippen LogP contribution in [0.2, 0.25) is 0 Å². The summed E-state index contributed by atoms with van der Waals surface area (Å²) in [5.41, 5.74) is -0.225. The number of esters is 1. The smallest absolute Gasteiger partial charge is 0.416 e. The van der Waals surface area contributed by atoms with Crippen LogP contribution in [-0.2, 0) is 20.5 Å². The minimum absolute atomic E-state index is 0.0594. The Kier molecular flexibility index (Phi) is 6.92. The van der Waals surface area contributed by atoms with Gasteiger partial charge in [0.1, 0.15) is 0 Å². The zero-order chi connectivity index (χ0) is 20.7. The minimum atomic E-state index is -4.47. The normalized spacial score (nSPS) is 12.1. The zero-order valence-corrected chi connectivity index (χ0v) is 15.0. The molecule has 0 radical (unpaired) electrons. The molecule has 0 saturated heterocycles. The summed E-state index contributed by atoms with van der Waals surface area (Å²) in [6.07, 6.45) is -5.88. The highest BCUT2D eigenvalue weighted by Gasteiger charge is 2.30. The molecule has 0 fully saturated rings. The Balaban J connectivity index is 1.81. The third-order valence-electron chi connectivity index (χ3n) is 3.81. The second-order valence-corrected chi connectivity index (χ2v) is 5.99. The Hall–Kier alpha value is -3.16. The van der Waals surface area contributed by atoms with E-state index in [1.165, 1.54) is 6.92 Å². The summed E-state index contributed by atoms with van der Waals surface area (Å²) in [5, 5.41) is 2.37. The van der Waals surface area contributed by atoms with Crippen molar-refractivity contribution in [2.24, 2.45) is 0 Å². The van der Waals surface area contributed by atoms with E-state index in [2.05, 4.69) is 5.32 Å². The van der Waals surface area contributed by atoms with E-state index in [9.17, 15) is 27.6 Å². The maximum absolute atomic E-state index is 12.5. The molecule has 2 aromatic carbocycles. The topological polar surface area (TPSA) is 72.5 Å². The van der Waals surface area contributed by atoms with Crippen LogP contribution in [-0.4, -0.2) is 23.8 Å². The van der Waals surface area contributed by atoms with Gasteiger partial charge in [0.15, 0.2) is 11.9 Å². The van der Waals surface area contributed by atoms with Gasteiger partial charge < -0.3 is 10.1 Å². The van der Waals surface area contributed by atoms with Crippen molar-refractivity contribution in [2.45, 2.75) is 32.0 Å². The van der Waals surface area contributed by atoms with E-state index >= 15 is 0 Å². The summed E-state index contributed by atoms with van der Waals surface area (Å²) < 4.78 is 42.5. The Labute approximate surface area is 159 Å². The molecular formula is C20H18F3NO4. The number of amides is 1. The zero-order valence-electron chi connectivity index (χ0n) is 15.0. The highest BCUT2D eigenvalue weighted by Crippen LogP contribution is 2.29. The average molecular weight is 393 g/mol. The fraction of sp³-hybridized carbons (Fsp3) is 0.250. The van der Waals surface area contributed by atoms with Gasteiger partial charge in [0, 0.05) is 17.7 Å². The number of Topliss-reactive ketones (excluding diaryl/α,β-unsaturated/α-hetero) is 1. The summed E-state index contributed by atoms with van der Waals surface area (Å²) >= 11 is 0. The van der Waals surface area contributed by atoms with Gasteiger partial charge in [-0.25, -0.2) is 0 Å². The van der Waals surface area contributed by atoms with Crippen LogP contribution in [0.3, 0.4) is 0 Å². The molecule has 0 aliphatic heterocycles. The summed E-state index contributed by atoms with van der Waals surface area (Å²) in [5.74, 6) is -1.64. The van der Waals surface area contributed by atoms with Gasteiger partial charge >= 0.3 is 12.1 Å². The van der Waals surface area contributed by atoms with E-state index in [0.717, 1.165) is 24.3 Å². The van der Waals surface area contributed by atoms with Crippen molar-refractivity contribution in [3.8, 4) is 0 Å². The van der Waals surface area contributed by atoms with Gasteiger partial charge in [0.25, 0.3) is 5.91 Å². The van der Waals surface area contributed by atoms with Crippen molar-refractivity contribution < 1.29 is 32.3 Å². The van der Waals surface area contributed by atoms with Gasteiger partial charge in [0.05, 0.1) is 12.0 Å². The second kappa shape index (κ2) is 9.16. The van der Waals surface area contributed by atoms with Gasteiger partial charge in [-0.15, -0.1) is 0 Å². The number of halogens is 3. The van der Waals surface area contributed by atoms with Gasteiger partial charge in [-0.2, -0.15) is 13.2 Å². The lowest BCUT2D eigenvalue weighted by molar-refractivity contribution is -0.153. The van der Waals surface area contributed by atoms with Crippen LogP contribution in [0.1, 0.15) is 35.7 Å². The molecule has 0 aliphatic rings. The van der Waals surface area contributed by atoms with Crippen molar-refractivity contribution in [2.75, 3.05) is 5.32 Å². The number of anilines is 1. The fourth-order valence-corrected chi connectivity index (χ4v) is 2.28. The number of benzene rings is 2. The first kappa shape index (κ1) is 21.1. The number of nitrogens with one attached hydrogen (secondary N) is 1. The van der Waals surface area contributed by atoms with Crippen LogP contribution in [0.25, 0.3) is 0 Å². The first-order valence-corrected chi connectivity index (χ1v) is 8.42. The van der Waals surface area contributed by atoms with E-state index in [1.807, 2.05) is 0 Å². The Bertz CT molecular complexity index is 833. The monoisotopic (exact) mass is 393 g/mol. The van der Waals surface area contributed by atoms with Crippen molar-refractivity contribution in [3.05, 3.63) is 65.7 Å². The van der Waals surface area contributed by atoms with Gasteiger partial charge in [-0.05, 0) is 31.2 Å². The van der Waals surface area contributed by atoms with Gasteiger partial charge in [-0.3, -0.25) is 14.4 Å². The van der Waals surface area contributed by atoms with Gasteiger partial charge in [0.2, 0.25) is 0 Å². The molecule has 8 heteroatoms. The van der Waals surface area contributed by atoms with Crippen LogP contribution in [0, 0.1) is 0 Å². The lowest BCUT2D eigenvalue weighted by Gasteiger charge is -2.14. The number of hydrogen-bond acceptors (Lipinski definition) is 4. The number of ether oxygens (including phenoxy) is 1. The molecule has 0 aromatic heterocycles. The third-order valence-corrected chi connectivity index (χ3v) is 3.81. The van der Waals surface area contributed by atoms with Crippen LogP contribution in [0.5, 0.6) is 0 Å². The van der Waals surface area contributed by atoms with E-state index in [-0.39, 0.29) is 24.3 Å². The molecular weight excluding hydrogens is 375 g/mol. The largest absolute Gasteiger partial charge is 0.453 e. The predicted molar refractivity (Wildman–Crippen MR) is 95.6 cm³/mol. The molecule has 5 nitrogen and oxygen atoms in total. The second-order valence-electron chi connectivity index (χ2n) is 5.99. The lowest BCUT2D eigenvalue weighted by atomic mass is 10.1. The molecule has 148 valence electrons. The van der Waals surface area contributed by atoms with Crippen molar-refractivity contribution >= 4 is 23.3 Å². The average Bonchev–Trinajstić information content (AvgIpc) is 2.66. The predicted octanol–water partition coefficient (Wildman–Crippen LogP) is 4.24. The molecule has 1 N–H and O–H groups in total. The Morgan fingerprint density at radius 3 is 2.14 bits per heavy atom. The number of carbonyl (C=O) groups is 3. The molecule has 28 heavy (non-hydrogen) atoms. The van der Waals surface area contributed by atoms with Crippen LogP contribution in [0.15, 0.2) is 54.6 Å². The SMILES string of the molecule is C[C@@H](OC(=O)CCC(=O)c1ccccc1)C(=O)Nc1ccc(C(F)(F)F)cc1. The van der Waals surface area contributed by atoms with Gasteiger partial charge in [-0.1, -0.05) is 30.3 Å². The number of ketones is 1. The molecule has 0 unspecified atom stereocenters. The van der Waals surface area contributed by atoms with E-state index < -0.39 is 29.7 Å². The molecule has 0 bridgehead atoms. The summed E-state index contributed by atoms with van der Waals surface area (Å²) in [4.78, 5) is 35.8. The summed E-state index contributed by atoms with van der Waals surface area (Å²) in [7, 11) is 0. The summed E-state index contributed by atoms with van der Waals surface area (Å²) in [6.45, 7) is 1.33.